The van der Waals surface area contributed by atoms with Crippen LogP contribution < -0.4 is 5.32 Å². The normalized spacial score (nSPS) is 20.8. The van der Waals surface area contributed by atoms with Gasteiger partial charge in [0, 0.05) is 10.5 Å². The van der Waals surface area contributed by atoms with Gasteiger partial charge >= 0.3 is 0 Å². The van der Waals surface area contributed by atoms with Gasteiger partial charge in [-0.05, 0) is 43.5 Å². The summed E-state index contributed by atoms with van der Waals surface area (Å²) in [5.74, 6) is -0.774. The lowest BCUT2D eigenvalue weighted by Crippen LogP contribution is -2.23. The fraction of sp³-hybridized carbons (Fsp3) is 0.455. The van der Waals surface area contributed by atoms with Crippen LogP contribution in [0.4, 0.5) is 4.39 Å². The van der Waals surface area contributed by atoms with Gasteiger partial charge in [0.2, 0.25) is 0 Å². The van der Waals surface area contributed by atoms with Gasteiger partial charge in [-0.15, -0.1) is 0 Å². The second-order valence-electron chi connectivity index (χ2n) is 3.89. The molecule has 1 aromatic carbocycles. The van der Waals surface area contributed by atoms with Gasteiger partial charge in [0.25, 0.3) is 0 Å². The molecule has 0 aliphatic carbocycles. The van der Waals surface area contributed by atoms with Crippen LogP contribution >= 0.6 is 15.9 Å². The zero-order valence-electron chi connectivity index (χ0n) is 8.26. The van der Waals surface area contributed by atoms with Crippen molar-refractivity contribution in [2.24, 2.45) is 0 Å². The zero-order chi connectivity index (χ0) is 10.8. The van der Waals surface area contributed by atoms with E-state index in [1.165, 1.54) is 6.07 Å². The summed E-state index contributed by atoms with van der Waals surface area (Å²) in [4.78, 5) is 0. The first-order chi connectivity index (χ1) is 7.16. The SMILES string of the molecule is Oc1c(F)cc(Br)cc1CC1CCCN1. The second-order valence-corrected chi connectivity index (χ2v) is 4.81. The van der Waals surface area contributed by atoms with E-state index < -0.39 is 5.82 Å². The molecule has 1 unspecified atom stereocenters. The van der Waals surface area contributed by atoms with Gasteiger partial charge in [-0.25, -0.2) is 4.39 Å². The molecule has 1 aliphatic rings. The van der Waals surface area contributed by atoms with Crippen molar-refractivity contribution >= 4 is 15.9 Å². The van der Waals surface area contributed by atoms with E-state index in [-0.39, 0.29) is 5.75 Å². The van der Waals surface area contributed by atoms with Crippen molar-refractivity contribution in [2.45, 2.75) is 25.3 Å². The van der Waals surface area contributed by atoms with E-state index >= 15 is 0 Å². The Hall–Kier alpha value is -0.610. The first-order valence-corrected chi connectivity index (χ1v) is 5.86. The summed E-state index contributed by atoms with van der Waals surface area (Å²) in [6.45, 7) is 1.02. The average Bonchev–Trinajstić information content (AvgIpc) is 2.66. The van der Waals surface area contributed by atoms with E-state index in [2.05, 4.69) is 21.2 Å². The van der Waals surface area contributed by atoms with Crippen LogP contribution in [0.3, 0.4) is 0 Å². The molecule has 1 fully saturated rings. The third-order valence-electron chi connectivity index (χ3n) is 2.74. The van der Waals surface area contributed by atoms with Crippen molar-refractivity contribution in [2.75, 3.05) is 6.54 Å². The number of phenols is 1. The number of aromatic hydroxyl groups is 1. The third-order valence-corrected chi connectivity index (χ3v) is 3.19. The Morgan fingerprint density at radius 1 is 1.53 bits per heavy atom. The molecule has 1 heterocycles. The fourth-order valence-corrected chi connectivity index (χ4v) is 2.45. The molecule has 1 atom stereocenters. The van der Waals surface area contributed by atoms with E-state index in [0.717, 1.165) is 19.4 Å². The van der Waals surface area contributed by atoms with Crippen LogP contribution in [-0.4, -0.2) is 17.7 Å². The molecule has 1 saturated heterocycles. The van der Waals surface area contributed by atoms with Gasteiger partial charge < -0.3 is 10.4 Å². The van der Waals surface area contributed by atoms with Crippen molar-refractivity contribution in [3.8, 4) is 5.75 Å². The number of phenolic OH excluding ortho intramolecular Hbond substituents is 1. The lowest BCUT2D eigenvalue weighted by Gasteiger charge is -2.12. The predicted octanol–water partition coefficient (Wildman–Crippen LogP) is 2.59. The molecule has 4 heteroatoms. The molecule has 0 spiro atoms. The molecule has 0 saturated carbocycles. The van der Waals surface area contributed by atoms with Gasteiger partial charge in [0.05, 0.1) is 0 Å². The molecular formula is C11H13BrFNO. The average molecular weight is 274 g/mol. The standard InChI is InChI=1S/C11H13BrFNO/c12-8-4-7(11(15)10(13)6-8)5-9-2-1-3-14-9/h4,6,9,14-15H,1-3,5H2. The van der Waals surface area contributed by atoms with E-state index in [1.807, 2.05) is 0 Å². The molecule has 2 N–H and O–H groups in total. The summed E-state index contributed by atoms with van der Waals surface area (Å²) >= 11 is 3.22. The molecule has 0 amide bonds. The molecule has 82 valence electrons. The number of hydrogen-bond donors (Lipinski definition) is 2. The first-order valence-electron chi connectivity index (χ1n) is 5.07. The van der Waals surface area contributed by atoms with Crippen LogP contribution in [0.5, 0.6) is 5.75 Å². The van der Waals surface area contributed by atoms with Gasteiger partial charge in [-0.2, -0.15) is 0 Å². The Morgan fingerprint density at radius 2 is 2.33 bits per heavy atom. The minimum absolute atomic E-state index is 0.216. The topological polar surface area (TPSA) is 32.3 Å². The largest absolute Gasteiger partial charge is 0.505 e. The third kappa shape index (κ3) is 2.49. The minimum Gasteiger partial charge on any atom is -0.505 e. The summed E-state index contributed by atoms with van der Waals surface area (Å²) in [7, 11) is 0. The molecule has 1 aromatic rings. The monoisotopic (exact) mass is 273 g/mol. The van der Waals surface area contributed by atoms with Crippen molar-refractivity contribution in [1.82, 2.24) is 5.32 Å². The number of halogens is 2. The van der Waals surface area contributed by atoms with Crippen molar-refractivity contribution in [3.63, 3.8) is 0 Å². The van der Waals surface area contributed by atoms with Gasteiger partial charge in [0.15, 0.2) is 11.6 Å². The van der Waals surface area contributed by atoms with Gasteiger partial charge in [-0.1, -0.05) is 15.9 Å². The Morgan fingerprint density at radius 3 is 3.00 bits per heavy atom. The highest BCUT2D eigenvalue weighted by Gasteiger charge is 2.17. The summed E-state index contributed by atoms with van der Waals surface area (Å²) in [5, 5.41) is 12.9. The Labute approximate surface area is 96.6 Å². The van der Waals surface area contributed by atoms with E-state index in [1.54, 1.807) is 6.07 Å². The molecule has 1 aliphatic heterocycles. The van der Waals surface area contributed by atoms with E-state index in [0.29, 0.717) is 22.5 Å². The van der Waals surface area contributed by atoms with Crippen LogP contribution in [0.1, 0.15) is 18.4 Å². The minimum atomic E-state index is -0.558. The maximum absolute atomic E-state index is 13.2. The Bertz CT molecular complexity index is 364. The highest BCUT2D eigenvalue weighted by Crippen LogP contribution is 2.28. The molecule has 2 rings (SSSR count). The van der Waals surface area contributed by atoms with Crippen LogP contribution in [0.25, 0.3) is 0 Å². The van der Waals surface area contributed by atoms with Gasteiger partial charge in [0.1, 0.15) is 0 Å². The lowest BCUT2D eigenvalue weighted by atomic mass is 10.0. The maximum atomic E-state index is 13.2. The summed E-state index contributed by atoms with van der Waals surface area (Å²) in [6.07, 6.45) is 2.93. The molecule has 0 bridgehead atoms. The number of hydrogen-bond acceptors (Lipinski definition) is 2. The van der Waals surface area contributed by atoms with Gasteiger partial charge in [-0.3, -0.25) is 0 Å². The van der Waals surface area contributed by atoms with Crippen molar-refractivity contribution < 1.29 is 9.50 Å². The fourth-order valence-electron chi connectivity index (χ4n) is 1.97. The van der Waals surface area contributed by atoms with Crippen molar-refractivity contribution in [3.05, 3.63) is 28.0 Å². The molecule has 15 heavy (non-hydrogen) atoms. The molecule has 2 nitrogen and oxygen atoms in total. The summed E-state index contributed by atoms with van der Waals surface area (Å²) in [6, 6.07) is 3.42. The number of rotatable bonds is 2. The number of benzene rings is 1. The Balaban J connectivity index is 2.19. The van der Waals surface area contributed by atoms with E-state index in [9.17, 15) is 9.50 Å². The molecule has 0 radical (unpaired) electrons. The second kappa shape index (κ2) is 4.49. The van der Waals surface area contributed by atoms with Crippen LogP contribution in [0, 0.1) is 5.82 Å². The zero-order valence-corrected chi connectivity index (χ0v) is 9.85. The van der Waals surface area contributed by atoms with Crippen molar-refractivity contribution in [1.29, 1.82) is 0 Å². The lowest BCUT2D eigenvalue weighted by molar-refractivity contribution is 0.421. The predicted molar refractivity (Wildman–Crippen MR) is 60.5 cm³/mol. The summed E-state index contributed by atoms with van der Waals surface area (Å²) in [5.41, 5.74) is 0.668. The molecular weight excluding hydrogens is 261 g/mol. The van der Waals surface area contributed by atoms with Crippen LogP contribution in [0.2, 0.25) is 0 Å². The van der Waals surface area contributed by atoms with Crippen LogP contribution in [0.15, 0.2) is 16.6 Å². The highest BCUT2D eigenvalue weighted by atomic mass is 79.9. The quantitative estimate of drug-likeness (QED) is 0.868. The molecule has 0 aromatic heterocycles. The van der Waals surface area contributed by atoms with E-state index in [4.69, 9.17) is 0 Å². The highest BCUT2D eigenvalue weighted by molar-refractivity contribution is 9.10. The van der Waals surface area contributed by atoms with Crippen LogP contribution in [-0.2, 0) is 6.42 Å². The maximum Gasteiger partial charge on any atom is 0.166 e. The smallest absolute Gasteiger partial charge is 0.166 e. The number of nitrogens with one attached hydrogen (secondary N) is 1. The Kier molecular flexibility index (Phi) is 3.26. The first kappa shape index (κ1) is 10.9. The summed E-state index contributed by atoms with van der Waals surface area (Å²) < 4.78 is 13.9.